The number of hydrogen-bond donors (Lipinski definition) is 1. The molecule has 1 saturated heterocycles. The maximum atomic E-state index is 12.9. The summed E-state index contributed by atoms with van der Waals surface area (Å²) in [7, 11) is 3.56. The van der Waals surface area contributed by atoms with Crippen LogP contribution < -0.4 is 10.1 Å². The average Bonchev–Trinajstić information content (AvgIpc) is 3.00. The quantitative estimate of drug-likeness (QED) is 0.935. The molecule has 2 aromatic rings. The molecule has 1 aliphatic rings. The van der Waals surface area contributed by atoms with E-state index < -0.39 is 0 Å². The molecule has 1 fully saturated rings. The molecule has 1 aromatic carbocycles. The topological polar surface area (TPSA) is 46.5 Å². The summed E-state index contributed by atoms with van der Waals surface area (Å²) in [5.74, 6) is 0.880. The van der Waals surface area contributed by atoms with Gasteiger partial charge in [0.25, 0.3) is 5.91 Å². The van der Waals surface area contributed by atoms with E-state index in [1.165, 1.54) is 0 Å². The third-order valence-corrected chi connectivity index (χ3v) is 4.17. The molecule has 124 valence electrons. The average molecular weight is 336 g/mol. The molecule has 1 amide bonds. The Morgan fingerprint density at radius 3 is 2.74 bits per heavy atom. The lowest BCUT2D eigenvalue weighted by atomic mass is 10.0. The van der Waals surface area contributed by atoms with Gasteiger partial charge in [0.1, 0.15) is 11.4 Å². The van der Waals surface area contributed by atoms with Crippen LogP contribution in [0.4, 0.5) is 0 Å². The van der Waals surface area contributed by atoms with Gasteiger partial charge in [-0.2, -0.15) is 0 Å². The fourth-order valence-electron chi connectivity index (χ4n) is 3.00. The van der Waals surface area contributed by atoms with Crippen LogP contribution in [0, 0.1) is 0 Å². The zero-order valence-electron chi connectivity index (χ0n) is 13.4. The van der Waals surface area contributed by atoms with E-state index in [1.807, 2.05) is 59.1 Å². The zero-order valence-corrected chi connectivity index (χ0v) is 14.2. The first kappa shape index (κ1) is 17.4. The Balaban J connectivity index is 0.00000192. The summed E-state index contributed by atoms with van der Waals surface area (Å²) < 4.78 is 7.33. The number of piperazine rings is 1. The Bertz CT molecular complexity index is 671. The van der Waals surface area contributed by atoms with Crippen molar-refractivity contribution < 1.29 is 9.53 Å². The number of para-hydroxylation sites is 1. The Morgan fingerprint density at radius 2 is 2.04 bits per heavy atom. The minimum atomic E-state index is -0.0210. The molecule has 1 aliphatic heterocycles. The lowest BCUT2D eigenvalue weighted by Gasteiger charge is -2.37. The van der Waals surface area contributed by atoms with Crippen molar-refractivity contribution in [3.05, 3.63) is 53.9 Å². The Kier molecular flexibility index (Phi) is 5.69. The number of carbonyl (C=O) groups excluding carboxylic acids is 1. The summed E-state index contributed by atoms with van der Waals surface area (Å²) in [5.41, 5.74) is 1.75. The number of nitrogens with one attached hydrogen (secondary N) is 1. The fraction of sp³-hybridized carbons (Fsp3) is 0.353. The van der Waals surface area contributed by atoms with Gasteiger partial charge < -0.3 is 19.5 Å². The van der Waals surface area contributed by atoms with Crippen molar-refractivity contribution in [1.29, 1.82) is 0 Å². The van der Waals surface area contributed by atoms with E-state index in [2.05, 4.69) is 5.32 Å². The van der Waals surface area contributed by atoms with E-state index in [1.54, 1.807) is 7.11 Å². The van der Waals surface area contributed by atoms with Crippen molar-refractivity contribution in [2.75, 3.05) is 26.7 Å². The minimum Gasteiger partial charge on any atom is -0.496 e. The third-order valence-electron chi connectivity index (χ3n) is 4.17. The fourth-order valence-corrected chi connectivity index (χ4v) is 3.00. The van der Waals surface area contributed by atoms with E-state index in [9.17, 15) is 4.79 Å². The van der Waals surface area contributed by atoms with Gasteiger partial charge in [-0.1, -0.05) is 18.2 Å². The first-order chi connectivity index (χ1) is 10.7. The summed E-state index contributed by atoms with van der Waals surface area (Å²) in [5, 5.41) is 3.37. The summed E-state index contributed by atoms with van der Waals surface area (Å²) in [6.07, 6.45) is 1.90. The smallest absolute Gasteiger partial charge is 0.271 e. The van der Waals surface area contributed by atoms with Gasteiger partial charge in [0.15, 0.2) is 0 Å². The summed E-state index contributed by atoms with van der Waals surface area (Å²) in [6.45, 7) is 2.23. The summed E-state index contributed by atoms with van der Waals surface area (Å²) in [6, 6.07) is 11.6. The van der Waals surface area contributed by atoms with Crippen LogP contribution in [-0.4, -0.2) is 42.1 Å². The largest absolute Gasteiger partial charge is 0.496 e. The van der Waals surface area contributed by atoms with Crippen LogP contribution in [0.5, 0.6) is 5.75 Å². The molecular formula is C17H22ClN3O2. The van der Waals surface area contributed by atoms with E-state index in [4.69, 9.17) is 4.74 Å². The number of methoxy groups -OCH3 is 1. The third kappa shape index (κ3) is 3.35. The normalized spacial score (nSPS) is 17.5. The van der Waals surface area contributed by atoms with Crippen LogP contribution in [0.1, 0.15) is 22.1 Å². The number of ether oxygens (including phenoxy) is 1. The highest BCUT2D eigenvalue weighted by Gasteiger charge is 2.31. The standard InChI is InChI=1S/C17H21N3O2.ClH/c1-19-10-5-7-14(19)17(21)20-11-9-18-12-15(20)13-6-3-4-8-16(13)22-2;/h3-8,10,15,18H,9,11-12H2,1-2H3;1H. The van der Waals surface area contributed by atoms with Gasteiger partial charge in [0, 0.05) is 38.4 Å². The SMILES string of the molecule is COc1ccccc1C1CNCCN1C(=O)c1cccn1C.Cl. The maximum absolute atomic E-state index is 12.9. The van der Waals surface area contributed by atoms with Gasteiger partial charge in [0.2, 0.25) is 0 Å². The van der Waals surface area contributed by atoms with Crippen LogP contribution in [0.3, 0.4) is 0 Å². The lowest BCUT2D eigenvalue weighted by Crippen LogP contribution is -2.49. The molecule has 0 bridgehead atoms. The maximum Gasteiger partial charge on any atom is 0.271 e. The van der Waals surface area contributed by atoms with Gasteiger partial charge in [-0.25, -0.2) is 0 Å². The zero-order chi connectivity index (χ0) is 15.5. The molecule has 0 spiro atoms. The predicted molar refractivity (Wildman–Crippen MR) is 92.3 cm³/mol. The van der Waals surface area contributed by atoms with Crippen LogP contribution in [0.25, 0.3) is 0 Å². The second-order valence-corrected chi connectivity index (χ2v) is 5.46. The lowest BCUT2D eigenvalue weighted by molar-refractivity contribution is 0.0622. The van der Waals surface area contributed by atoms with E-state index in [0.717, 1.165) is 24.4 Å². The van der Waals surface area contributed by atoms with Crippen molar-refractivity contribution in [3.63, 3.8) is 0 Å². The predicted octanol–water partition coefficient (Wildman–Crippen LogP) is 2.24. The van der Waals surface area contributed by atoms with Crippen LogP contribution in [-0.2, 0) is 7.05 Å². The number of rotatable bonds is 3. The number of aromatic nitrogens is 1. The molecule has 1 N–H and O–H groups in total. The van der Waals surface area contributed by atoms with Gasteiger partial charge >= 0.3 is 0 Å². The van der Waals surface area contributed by atoms with Gasteiger partial charge in [-0.05, 0) is 18.2 Å². The van der Waals surface area contributed by atoms with Gasteiger partial charge in [0.05, 0.1) is 13.2 Å². The minimum absolute atomic E-state index is 0. The number of carbonyl (C=O) groups is 1. The van der Waals surface area contributed by atoms with Crippen molar-refractivity contribution >= 4 is 18.3 Å². The van der Waals surface area contributed by atoms with E-state index in [0.29, 0.717) is 12.2 Å². The molecule has 2 heterocycles. The highest BCUT2D eigenvalue weighted by atomic mass is 35.5. The second kappa shape index (κ2) is 7.53. The summed E-state index contributed by atoms with van der Waals surface area (Å²) in [4.78, 5) is 14.8. The molecule has 3 rings (SSSR count). The number of amides is 1. The molecule has 0 aliphatic carbocycles. The highest BCUT2D eigenvalue weighted by molar-refractivity contribution is 5.93. The highest BCUT2D eigenvalue weighted by Crippen LogP contribution is 2.31. The molecule has 0 saturated carbocycles. The molecule has 0 radical (unpaired) electrons. The van der Waals surface area contributed by atoms with Crippen LogP contribution in [0.15, 0.2) is 42.6 Å². The Morgan fingerprint density at radius 1 is 1.26 bits per heavy atom. The van der Waals surface area contributed by atoms with Crippen LogP contribution in [0.2, 0.25) is 0 Å². The van der Waals surface area contributed by atoms with Gasteiger partial charge in [-0.15, -0.1) is 12.4 Å². The summed E-state index contributed by atoms with van der Waals surface area (Å²) >= 11 is 0. The molecule has 1 aromatic heterocycles. The number of hydrogen-bond acceptors (Lipinski definition) is 3. The van der Waals surface area contributed by atoms with E-state index >= 15 is 0 Å². The molecular weight excluding hydrogens is 314 g/mol. The second-order valence-electron chi connectivity index (χ2n) is 5.46. The Labute approximate surface area is 142 Å². The van der Waals surface area contributed by atoms with Crippen molar-refractivity contribution in [3.8, 4) is 5.75 Å². The van der Waals surface area contributed by atoms with Crippen molar-refractivity contribution in [1.82, 2.24) is 14.8 Å². The van der Waals surface area contributed by atoms with E-state index in [-0.39, 0.29) is 24.4 Å². The number of aryl methyl sites for hydroxylation is 1. The van der Waals surface area contributed by atoms with Crippen molar-refractivity contribution in [2.24, 2.45) is 7.05 Å². The first-order valence-electron chi connectivity index (χ1n) is 7.48. The molecule has 5 nitrogen and oxygen atoms in total. The molecule has 1 unspecified atom stereocenters. The number of nitrogens with zero attached hydrogens (tertiary/aromatic N) is 2. The first-order valence-corrected chi connectivity index (χ1v) is 7.48. The Hall–Kier alpha value is -1.98. The number of benzene rings is 1. The number of halogens is 1. The van der Waals surface area contributed by atoms with Crippen molar-refractivity contribution in [2.45, 2.75) is 6.04 Å². The van der Waals surface area contributed by atoms with Crippen LogP contribution >= 0.6 is 12.4 Å². The van der Waals surface area contributed by atoms with Gasteiger partial charge in [-0.3, -0.25) is 4.79 Å². The molecule has 1 atom stereocenters. The molecule has 23 heavy (non-hydrogen) atoms. The molecule has 6 heteroatoms. The monoisotopic (exact) mass is 335 g/mol.